The van der Waals surface area contributed by atoms with E-state index in [9.17, 15) is 24.3 Å². The molecule has 3 aliphatic heterocycles. The van der Waals surface area contributed by atoms with E-state index in [1.165, 1.54) is 0 Å². The number of esters is 1. The van der Waals surface area contributed by atoms with Gasteiger partial charge in [0.1, 0.15) is 17.7 Å². The molecule has 3 heterocycles. The van der Waals surface area contributed by atoms with Gasteiger partial charge in [-0.1, -0.05) is 79.2 Å². The zero-order chi connectivity index (χ0) is 36.1. The highest BCUT2D eigenvalue weighted by molar-refractivity contribution is 9.09. The number of aliphatic hydroxyl groups is 1. The second-order valence-corrected chi connectivity index (χ2v) is 16.6. The van der Waals surface area contributed by atoms with Crippen molar-refractivity contribution < 1.29 is 33.8 Å². The molecule has 1 aromatic rings. The monoisotopic (exact) mass is 743 g/mol. The van der Waals surface area contributed by atoms with Crippen LogP contribution < -0.4 is 5.32 Å². The minimum Gasteiger partial charge on any atom is -0.455 e. The predicted octanol–water partition coefficient (Wildman–Crippen LogP) is 5.10. The van der Waals surface area contributed by atoms with Gasteiger partial charge in [-0.15, -0.1) is 13.2 Å². The van der Waals surface area contributed by atoms with Crippen LogP contribution in [0.25, 0.3) is 0 Å². The summed E-state index contributed by atoms with van der Waals surface area (Å²) in [6.45, 7) is 18.6. The lowest BCUT2D eigenvalue weighted by atomic mass is 9.70. The van der Waals surface area contributed by atoms with Crippen molar-refractivity contribution in [1.82, 2.24) is 15.1 Å². The Bertz CT molecular complexity index is 1380. The number of benzene rings is 1. The quantitative estimate of drug-likeness (QED) is 0.0985. The number of hydrogen-bond donors (Lipinski definition) is 2. The Morgan fingerprint density at radius 2 is 1.86 bits per heavy atom. The Morgan fingerprint density at radius 3 is 2.47 bits per heavy atom. The van der Waals surface area contributed by atoms with Crippen LogP contribution in [0.3, 0.4) is 0 Å². The maximum Gasteiger partial charge on any atom is 0.313 e. The molecule has 0 aliphatic carbocycles. The number of ether oxygens (including phenoxy) is 2. The highest BCUT2D eigenvalue weighted by Gasteiger charge is 2.77. The predicted molar refractivity (Wildman–Crippen MR) is 192 cm³/mol. The number of aliphatic hydroxyl groups excluding tert-OH is 1. The van der Waals surface area contributed by atoms with E-state index in [-0.39, 0.29) is 60.6 Å². The van der Waals surface area contributed by atoms with Crippen LogP contribution >= 0.6 is 15.9 Å². The van der Waals surface area contributed by atoms with Crippen LogP contribution in [0.2, 0.25) is 0 Å². The van der Waals surface area contributed by atoms with Crippen LogP contribution in [0.15, 0.2) is 55.6 Å². The number of amides is 3. The van der Waals surface area contributed by atoms with Crippen LogP contribution in [0.1, 0.15) is 84.8 Å². The molecule has 3 fully saturated rings. The number of carbonyl (C=O) groups is 4. The van der Waals surface area contributed by atoms with Gasteiger partial charge in [-0.05, 0) is 56.9 Å². The van der Waals surface area contributed by atoms with E-state index in [1.54, 1.807) is 22.0 Å². The molecule has 49 heavy (non-hydrogen) atoms. The number of allylic oxidation sites excluding steroid dienone is 1. The molecule has 3 aliphatic rings. The molecule has 1 spiro atoms. The van der Waals surface area contributed by atoms with Crippen LogP contribution in [-0.2, 0) is 28.7 Å². The van der Waals surface area contributed by atoms with Gasteiger partial charge >= 0.3 is 5.97 Å². The molecular weight excluding hydrogens is 690 g/mol. The fraction of sp³-hybridized carbons (Fsp3) is 0.632. The van der Waals surface area contributed by atoms with E-state index in [1.807, 2.05) is 44.2 Å². The van der Waals surface area contributed by atoms with Crippen molar-refractivity contribution in [2.24, 2.45) is 17.3 Å². The van der Waals surface area contributed by atoms with Gasteiger partial charge in [0.2, 0.25) is 17.7 Å². The smallest absolute Gasteiger partial charge is 0.313 e. The lowest BCUT2D eigenvalue weighted by molar-refractivity contribution is -0.160. The van der Waals surface area contributed by atoms with E-state index in [2.05, 4.69) is 55.2 Å². The normalized spacial score (nSPS) is 26.6. The Hall–Kier alpha value is -3.02. The van der Waals surface area contributed by atoms with Gasteiger partial charge in [-0.2, -0.15) is 0 Å². The van der Waals surface area contributed by atoms with E-state index in [4.69, 9.17) is 9.47 Å². The molecule has 7 atom stereocenters. The van der Waals surface area contributed by atoms with Crippen molar-refractivity contribution in [3.05, 3.63) is 61.2 Å². The molecule has 0 aromatic heterocycles. The van der Waals surface area contributed by atoms with Gasteiger partial charge in [-0.3, -0.25) is 19.2 Å². The number of likely N-dealkylation sites (tertiary alicyclic amines) is 1. The average Bonchev–Trinajstić information content (AvgIpc) is 3.63. The maximum atomic E-state index is 14.9. The largest absolute Gasteiger partial charge is 0.455 e. The minimum atomic E-state index is -1.26. The van der Waals surface area contributed by atoms with Crippen LogP contribution in [0, 0.1) is 17.3 Å². The molecule has 2 N–H and O–H groups in total. The summed E-state index contributed by atoms with van der Waals surface area (Å²) in [5, 5.41) is 12.4. The third kappa shape index (κ3) is 8.31. The van der Waals surface area contributed by atoms with Crippen molar-refractivity contribution in [2.45, 2.75) is 107 Å². The third-order valence-electron chi connectivity index (χ3n) is 9.86. The molecular formula is C38H54BrN3O7. The Morgan fingerprint density at radius 1 is 1.16 bits per heavy atom. The molecule has 10 nitrogen and oxygen atoms in total. The number of carbonyl (C=O) groups excluding carboxylic acids is 4. The SMILES string of the molecule is C=CCCC(=O)NC[C@H](OC(=O)[C@@H]1[C@H]2O[C@@]3(CC2Br)[C@H](C(=O)N(CC=C)C(C)(C)CC(C)(C)C)N(CCCCO)C(=O)[C@@H]13)c1ccccc1. The molecule has 3 amide bonds. The Labute approximate surface area is 299 Å². The molecule has 3 saturated heterocycles. The van der Waals surface area contributed by atoms with E-state index in [0.717, 1.165) is 0 Å². The summed E-state index contributed by atoms with van der Waals surface area (Å²) in [7, 11) is 0. The van der Waals surface area contributed by atoms with Gasteiger partial charge in [0.25, 0.3) is 0 Å². The molecule has 1 aromatic carbocycles. The summed E-state index contributed by atoms with van der Waals surface area (Å²) in [6.07, 6.45) is 4.67. The van der Waals surface area contributed by atoms with E-state index < -0.39 is 47.2 Å². The first-order chi connectivity index (χ1) is 23.1. The summed E-state index contributed by atoms with van der Waals surface area (Å²) in [6, 6.07) is 8.19. The lowest BCUT2D eigenvalue weighted by Gasteiger charge is -2.45. The summed E-state index contributed by atoms with van der Waals surface area (Å²) >= 11 is 3.75. The highest BCUT2D eigenvalue weighted by Crippen LogP contribution is 2.60. The standard InChI is InChI=1S/C38H54BrN3O7/c1-8-10-18-28(44)40-23-27(25-16-12-11-13-17-25)48-35(47)29-30-33(45)41(20-14-15-21-43)32(38(30)22-26(39)31(29)49-38)34(46)42(19-9-2)37(6,7)24-36(3,4)5/h8-9,11-13,16-17,26-27,29-32,43H,1-2,10,14-15,18-24H2,3-7H3,(H,40,44)/t26?,27-,29-,30+,31-,32-,38+/m0/s1. The summed E-state index contributed by atoms with van der Waals surface area (Å²) in [4.78, 5) is 59.3. The number of hydrogen-bond acceptors (Lipinski definition) is 7. The molecule has 4 rings (SSSR count). The molecule has 2 bridgehead atoms. The highest BCUT2D eigenvalue weighted by atomic mass is 79.9. The fourth-order valence-corrected chi connectivity index (χ4v) is 9.20. The number of unbranched alkanes of at least 4 members (excludes halogenated alkanes) is 1. The van der Waals surface area contributed by atoms with Crippen molar-refractivity contribution in [2.75, 3.05) is 26.2 Å². The fourth-order valence-electron chi connectivity index (χ4n) is 8.26. The number of nitrogens with one attached hydrogen (secondary N) is 1. The van der Waals surface area contributed by atoms with Crippen LogP contribution in [-0.4, -0.2) is 93.0 Å². The van der Waals surface area contributed by atoms with Crippen molar-refractivity contribution >= 4 is 39.6 Å². The number of alkyl halides is 1. The average molecular weight is 745 g/mol. The van der Waals surface area contributed by atoms with Gasteiger partial charge in [-0.25, -0.2) is 0 Å². The molecule has 270 valence electrons. The van der Waals surface area contributed by atoms with Gasteiger partial charge < -0.3 is 29.7 Å². The zero-order valence-electron chi connectivity index (χ0n) is 29.7. The number of halogens is 1. The van der Waals surface area contributed by atoms with Gasteiger partial charge in [0.15, 0.2) is 0 Å². The van der Waals surface area contributed by atoms with Crippen molar-refractivity contribution in [3.8, 4) is 0 Å². The topological polar surface area (TPSA) is 125 Å². The molecule has 0 radical (unpaired) electrons. The summed E-state index contributed by atoms with van der Waals surface area (Å²) < 4.78 is 12.9. The lowest BCUT2D eigenvalue weighted by Crippen LogP contribution is -2.61. The second-order valence-electron chi connectivity index (χ2n) is 15.4. The Kier molecular flexibility index (Phi) is 12.6. The second kappa shape index (κ2) is 15.9. The molecule has 0 saturated carbocycles. The van der Waals surface area contributed by atoms with E-state index >= 15 is 0 Å². The third-order valence-corrected chi connectivity index (χ3v) is 10.7. The summed E-state index contributed by atoms with van der Waals surface area (Å²) in [5.74, 6) is -3.26. The first-order valence-corrected chi connectivity index (χ1v) is 18.3. The van der Waals surface area contributed by atoms with Gasteiger partial charge in [0.05, 0.1) is 24.5 Å². The molecule has 1 unspecified atom stereocenters. The number of rotatable bonds is 17. The van der Waals surface area contributed by atoms with Crippen LogP contribution in [0.4, 0.5) is 0 Å². The first kappa shape index (κ1) is 38.8. The Balaban J connectivity index is 1.70. The van der Waals surface area contributed by atoms with Crippen molar-refractivity contribution in [3.63, 3.8) is 0 Å². The minimum absolute atomic E-state index is 0.0432. The summed E-state index contributed by atoms with van der Waals surface area (Å²) in [5.41, 5.74) is -1.23. The van der Waals surface area contributed by atoms with E-state index in [0.29, 0.717) is 37.7 Å². The zero-order valence-corrected chi connectivity index (χ0v) is 31.2. The van der Waals surface area contributed by atoms with Crippen molar-refractivity contribution in [1.29, 1.82) is 0 Å². The van der Waals surface area contributed by atoms with Gasteiger partial charge in [0, 0.05) is 36.5 Å². The molecule has 11 heteroatoms. The number of nitrogens with zero attached hydrogens (tertiary/aromatic N) is 2. The van der Waals surface area contributed by atoms with Crippen LogP contribution in [0.5, 0.6) is 0 Å². The maximum absolute atomic E-state index is 14.9. The first-order valence-electron chi connectivity index (χ1n) is 17.4. The number of fused-ring (bicyclic) bond motifs is 1.